The molecule has 0 saturated carbocycles. The predicted molar refractivity (Wildman–Crippen MR) is 65.1 cm³/mol. The summed E-state index contributed by atoms with van der Waals surface area (Å²) in [5, 5.41) is 3.63. The summed E-state index contributed by atoms with van der Waals surface area (Å²) >= 11 is 0. The monoisotopic (exact) mass is 208 g/mol. The first-order valence-corrected chi connectivity index (χ1v) is 6.52. The van der Waals surface area contributed by atoms with E-state index in [9.17, 15) is 0 Å². The van der Waals surface area contributed by atoms with E-state index in [2.05, 4.69) is 29.3 Å². The molecule has 0 amide bonds. The van der Waals surface area contributed by atoms with E-state index in [0.29, 0.717) is 0 Å². The summed E-state index contributed by atoms with van der Waals surface area (Å²) in [6.07, 6.45) is 11.3. The van der Waals surface area contributed by atoms with Gasteiger partial charge in [0.05, 0.1) is 0 Å². The maximum atomic E-state index is 3.63. The molecule has 1 saturated heterocycles. The van der Waals surface area contributed by atoms with Crippen LogP contribution in [0, 0.1) is 0 Å². The normalized spacial score (nSPS) is 33.1. The Balaban J connectivity index is 1.83. The average molecular weight is 208 g/mol. The summed E-state index contributed by atoms with van der Waals surface area (Å²) in [5.41, 5.74) is 0. The van der Waals surface area contributed by atoms with Crippen molar-refractivity contribution in [1.82, 2.24) is 10.2 Å². The smallest absolute Gasteiger partial charge is 0.0195 e. The third-order valence-corrected chi connectivity index (χ3v) is 3.68. The van der Waals surface area contributed by atoms with Crippen molar-refractivity contribution in [1.29, 1.82) is 0 Å². The van der Waals surface area contributed by atoms with E-state index in [1.165, 1.54) is 51.7 Å². The van der Waals surface area contributed by atoms with Crippen molar-refractivity contribution in [2.24, 2.45) is 0 Å². The lowest BCUT2D eigenvalue weighted by Crippen LogP contribution is -2.54. The molecule has 2 nitrogen and oxygen atoms in total. The molecule has 2 heteroatoms. The first kappa shape index (κ1) is 11.2. The fraction of sp³-hybridized carbons (Fsp3) is 0.846. The fourth-order valence-corrected chi connectivity index (χ4v) is 2.83. The van der Waals surface area contributed by atoms with Crippen LogP contribution in [0.15, 0.2) is 12.2 Å². The highest BCUT2D eigenvalue weighted by Crippen LogP contribution is 2.19. The van der Waals surface area contributed by atoms with Gasteiger partial charge in [0.2, 0.25) is 0 Å². The van der Waals surface area contributed by atoms with Crippen LogP contribution < -0.4 is 5.32 Å². The maximum absolute atomic E-state index is 3.63. The van der Waals surface area contributed by atoms with Crippen molar-refractivity contribution in [3.05, 3.63) is 12.2 Å². The van der Waals surface area contributed by atoms with Crippen LogP contribution in [0.2, 0.25) is 0 Å². The molecule has 86 valence electrons. The van der Waals surface area contributed by atoms with Gasteiger partial charge in [-0.05, 0) is 25.7 Å². The summed E-state index contributed by atoms with van der Waals surface area (Å²) in [7, 11) is 0. The zero-order valence-electron chi connectivity index (χ0n) is 9.91. The zero-order valence-corrected chi connectivity index (χ0v) is 9.91. The Morgan fingerprint density at radius 2 is 2.33 bits per heavy atom. The summed E-state index contributed by atoms with van der Waals surface area (Å²) in [6, 6.07) is 1.58. The van der Waals surface area contributed by atoms with Crippen molar-refractivity contribution in [3.8, 4) is 0 Å². The largest absolute Gasteiger partial charge is 0.311 e. The van der Waals surface area contributed by atoms with Gasteiger partial charge >= 0.3 is 0 Å². The van der Waals surface area contributed by atoms with Gasteiger partial charge in [-0.25, -0.2) is 0 Å². The minimum atomic E-state index is 0.745. The van der Waals surface area contributed by atoms with Crippen LogP contribution in [-0.2, 0) is 0 Å². The molecule has 15 heavy (non-hydrogen) atoms. The second-order valence-corrected chi connectivity index (χ2v) is 4.87. The number of allylic oxidation sites excluding steroid dienone is 1. The van der Waals surface area contributed by atoms with Crippen LogP contribution >= 0.6 is 0 Å². The lowest BCUT2D eigenvalue weighted by Gasteiger charge is -2.39. The highest BCUT2D eigenvalue weighted by molar-refractivity contribution is 4.95. The minimum Gasteiger partial charge on any atom is -0.311 e. The highest BCUT2D eigenvalue weighted by atomic mass is 15.2. The fourth-order valence-electron chi connectivity index (χ4n) is 2.83. The molecular weight excluding hydrogens is 184 g/mol. The first-order chi connectivity index (χ1) is 7.40. The number of hydrogen-bond acceptors (Lipinski definition) is 2. The van der Waals surface area contributed by atoms with Gasteiger partial charge in [0.25, 0.3) is 0 Å². The minimum absolute atomic E-state index is 0.745. The topological polar surface area (TPSA) is 15.3 Å². The molecule has 1 heterocycles. The predicted octanol–water partition coefficient (Wildman–Crippen LogP) is 2.17. The number of nitrogens with zero attached hydrogens (tertiary/aromatic N) is 1. The van der Waals surface area contributed by atoms with Crippen molar-refractivity contribution in [3.63, 3.8) is 0 Å². The van der Waals surface area contributed by atoms with E-state index >= 15 is 0 Å². The molecule has 2 rings (SSSR count). The van der Waals surface area contributed by atoms with Crippen molar-refractivity contribution in [2.45, 2.75) is 51.1 Å². The lowest BCUT2D eigenvalue weighted by atomic mass is 9.98. The molecule has 1 N–H and O–H groups in total. The van der Waals surface area contributed by atoms with Crippen LogP contribution in [-0.4, -0.2) is 36.6 Å². The molecule has 2 atom stereocenters. The van der Waals surface area contributed by atoms with E-state index < -0.39 is 0 Å². The maximum Gasteiger partial charge on any atom is 0.0195 e. The number of rotatable bonds is 3. The quantitative estimate of drug-likeness (QED) is 0.715. The van der Waals surface area contributed by atoms with Crippen LogP contribution in [0.3, 0.4) is 0 Å². The first-order valence-electron chi connectivity index (χ1n) is 6.52. The van der Waals surface area contributed by atoms with E-state index in [4.69, 9.17) is 0 Å². The molecule has 1 fully saturated rings. The van der Waals surface area contributed by atoms with Crippen molar-refractivity contribution >= 4 is 0 Å². The summed E-state index contributed by atoms with van der Waals surface area (Å²) in [5.74, 6) is 0. The Hall–Kier alpha value is -0.340. The molecule has 2 unspecified atom stereocenters. The molecule has 0 aromatic carbocycles. The molecule has 0 spiro atoms. The zero-order chi connectivity index (χ0) is 10.5. The molecule has 2 aliphatic rings. The van der Waals surface area contributed by atoms with E-state index in [-0.39, 0.29) is 0 Å². The summed E-state index contributed by atoms with van der Waals surface area (Å²) in [4.78, 5) is 2.71. The standard InChI is InChI=1S/C13H24N2/c1-2-6-12-11-15(10-9-14-12)13-7-4-3-5-8-13/h3-4,12-14H,2,5-11H2,1H3. The van der Waals surface area contributed by atoms with Gasteiger partial charge in [0, 0.05) is 31.7 Å². The summed E-state index contributed by atoms with van der Waals surface area (Å²) in [6.45, 7) is 5.99. The van der Waals surface area contributed by atoms with Gasteiger partial charge in [-0.3, -0.25) is 4.90 Å². The van der Waals surface area contributed by atoms with E-state index in [1.54, 1.807) is 0 Å². The molecule has 1 aliphatic heterocycles. The Bertz CT molecular complexity index is 211. The van der Waals surface area contributed by atoms with Crippen molar-refractivity contribution < 1.29 is 0 Å². The van der Waals surface area contributed by atoms with Gasteiger partial charge in [-0.15, -0.1) is 0 Å². The van der Waals surface area contributed by atoms with Crippen LogP contribution in [0.1, 0.15) is 39.0 Å². The number of hydrogen-bond donors (Lipinski definition) is 1. The lowest BCUT2D eigenvalue weighted by molar-refractivity contribution is 0.132. The van der Waals surface area contributed by atoms with Crippen LogP contribution in [0.5, 0.6) is 0 Å². The molecule has 0 aromatic heterocycles. The van der Waals surface area contributed by atoms with Gasteiger partial charge in [0.15, 0.2) is 0 Å². The third-order valence-electron chi connectivity index (χ3n) is 3.68. The van der Waals surface area contributed by atoms with Crippen molar-refractivity contribution in [2.75, 3.05) is 19.6 Å². The molecular formula is C13H24N2. The van der Waals surface area contributed by atoms with Gasteiger partial charge in [0.1, 0.15) is 0 Å². The Morgan fingerprint density at radius 1 is 1.40 bits per heavy atom. The third kappa shape index (κ3) is 3.05. The van der Waals surface area contributed by atoms with Crippen LogP contribution in [0.4, 0.5) is 0 Å². The van der Waals surface area contributed by atoms with E-state index in [1.807, 2.05) is 0 Å². The molecule has 0 bridgehead atoms. The summed E-state index contributed by atoms with van der Waals surface area (Å²) < 4.78 is 0. The molecule has 0 radical (unpaired) electrons. The van der Waals surface area contributed by atoms with Gasteiger partial charge in [-0.1, -0.05) is 25.5 Å². The number of piperazine rings is 1. The highest BCUT2D eigenvalue weighted by Gasteiger charge is 2.24. The van der Waals surface area contributed by atoms with Gasteiger partial charge in [-0.2, -0.15) is 0 Å². The van der Waals surface area contributed by atoms with Crippen LogP contribution in [0.25, 0.3) is 0 Å². The second-order valence-electron chi connectivity index (χ2n) is 4.87. The Morgan fingerprint density at radius 3 is 3.07 bits per heavy atom. The number of nitrogens with one attached hydrogen (secondary N) is 1. The SMILES string of the molecule is CCCC1CN(C2CC=CCC2)CCN1. The second kappa shape index (κ2) is 5.66. The molecule has 0 aromatic rings. The van der Waals surface area contributed by atoms with E-state index in [0.717, 1.165) is 12.1 Å². The van der Waals surface area contributed by atoms with Gasteiger partial charge < -0.3 is 5.32 Å². The average Bonchev–Trinajstić information content (AvgIpc) is 2.31. The molecule has 1 aliphatic carbocycles. The Labute approximate surface area is 93.7 Å². The Kier molecular flexibility index (Phi) is 4.21.